The number of alkyl halides is 4. The van der Waals surface area contributed by atoms with Gasteiger partial charge in [-0.15, -0.1) is 0 Å². The van der Waals surface area contributed by atoms with Crippen molar-refractivity contribution in [3.8, 4) is 17.5 Å². The van der Waals surface area contributed by atoms with Gasteiger partial charge >= 0.3 is 6.18 Å². The first kappa shape index (κ1) is 24.9. The third-order valence-electron chi connectivity index (χ3n) is 6.37. The fourth-order valence-electron chi connectivity index (χ4n) is 4.48. The summed E-state index contributed by atoms with van der Waals surface area (Å²) in [5.74, 6) is 0. The van der Waals surface area contributed by atoms with Crippen LogP contribution in [0.4, 0.5) is 13.2 Å². The Balaban J connectivity index is 1.81. The average molecular weight is 553 g/mol. The topological polar surface area (TPSA) is 70.7 Å². The summed E-state index contributed by atoms with van der Waals surface area (Å²) in [6.07, 6.45) is 1.04. The predicted molar refractivity (Wildman–Crippen MR) is 130 cm³/mol. The highest BCUT2D eigenvalue weighted by molar-refractivity contribution is 9.08. The number of hydrogen-bond donors (Lipinski definition) is 1. The molecule has 1 aliphatic carbocycles. The van der Waals surface area contributed by atoms with Gasteiger partial charge in [-0.1, -0.05) is 28.8 Å². The number of aromatic nitrogens is 2. The van der Waals surface area contributed by atoms with E-state index >= 15 is 0 Å². The number of rotatable bonds is 6. The molecule has 34 heavy (non-hydrogen) atoms. The second-order valence-electron chi connectivity index (χ2n) is 8.60. The van der Waals surface area contributed by atoms with Crippen LogP contribution in [-0.4, -0.2) is 26.0 Å². The highest BCUT2D eigenvalue weighted by Crippen LogP contribution is 2.41. The Hall–Kier alpha value is -2.22. The van der Waals surface area contributed by atoms with Gasteiger partial charge in [-0.2, -0.15) is 18.4 Å². The van der Waals surface area contributed by atoms with E-state index in [4.69, 9.17) is 0 Å². The van der Waals surface area contributed by atoms with E-state index in [-0.39, 0.29) is 10.9 Å². The Morgan fingerprint density at radius 1 is 1.32 bits per heavy atom. The summed E-state index contributed by atoms with van der Waals surface area (Å²) in [6.45, 7) is 2.97. The molecule has 1 saturated carbocycles. The van der Waals surface area contributed by atoms with Crippen LogP contribution in [0.15, 0.2) is 35.4 Å². The molecule has 1 N–H and O–H groups in total. The van der Waals surface area contributed by atoms with Crippen LogP contribution in [-0.2, 0) is 16.3 Å². The second kappa shape index (κ2) is 9.80. The molecule has 10 heteroatoms. The van der Waals surface area contributed by atoms with Crippen molar-refractivity contribution in [3.05, 3.63) is 47.2 Å². The molecule has 2 heterocycles. The minimum Gasteiger partial charge on any atom is -0.335 e. The molecule has 4 rings (SSSR count). The van der Waals surface area contributed by atoms with Crippen molar-refractivity contribution >= 4 is 37.8 Å². The Bertz CT molecular complexity index is 1270. The van der Waals surface area contributed by atoms with Gasteiger partial charge in [0.15, 0.2) is 0 Å². The monoisotopic (exact) mass is 552 g/mol. The number of nitriles is 1. The molecule has 1 aliphatic rings. The van der Waals surface area contributed by atoms with Crippen LogP contribution in [0.1, 0.15) is 55.3 Å². The zero-order valence-corrected chi connectivity index (χ0v) is 21.1. The van der Waals surface area contributed by atoms with E-state index < -0.39 is 23.2 Å². The maximum absolute atomic E-state index is 12.8. The molecule has 2 unspecified atom stereocenters. The van der Waals surface area contributed by atoms with E-state index in [1.807, 2.05) is 13.0 Å². The first-order chi connectivity index (χ1) is 16.2. The molecule has 0 aliphatic heterocycles. The van der Waals surface area contributed by atoms with Crippen molar-refractivity contribution in [1.82, 2.24) is 14.3 Å². The molecule has 180 valence electrons. The van der Waals surface area contributed by atoms with Gasteiger partial charge in [-0.05, 0) is 62.1 Å². The molecule has 2 aromatic heterocycles. The highest BCUT2D eigenvalue weighted by Gasteiger charge is 2.37. The Morgan fingerprint density at radius 2 is 2.03 bits per heavy atom. The van der Waals surface area contributed by atoms with Crippen molar-refractivity contribution < 1.29 is 17.4 Å². The Morgan fingerprint density at radius 3 is 2.59 bits per heavy atom. The van der Waals surface area contributed by atoms with Crippen LogP contribution in [0, 0.1) is 18.3 Å². The first-order valence-corrected chi connectivity index (χ1v) is 13.3. The van der Waals surface area contributed by atoms with E-state index in [0.717, 1.165) is 54.6 Å². The number of nitrogens with zero attached hydrogens (tertiary/aromatic N) is 3. The second-order valence-corrected chi connectivity index (χ2v) is 10.4. The number of aryl methyl sites for hydroxylation is 1. The lowest BCUT2D eigenvalue weighted by Gasteiger charge is -2.19. The first-order valence-electron chi connectivity index (χ1n) is 11.0. The largest absolute Gasteiger partial charge is 0.404 e. The van der Waals surface area contributed by atoms with Crippen molar-refractivity contribution in [2.45, 2.75) is 68.0 Å². The molecule has 5 nitrogen and oxygen atoms in total. The summed E-state index contributed by atoms with van der Waals surface area (Å²) < 4.78 is 55.1. The van der Waals surface area contributed by atoms with Gasteiger partial charge in [-0.3, -0.25) is 4.98 Å². The average Bonchev–Trinajstić information content (AvgIpc) is 3.43. The van der Waals surface area contributed by atoms with Crippen LogP contribution in [0.25, 0.3) is 22.3 Å². The lowest BCUT2D eigenvalue weighted by Crippen LogP contribution is -2.40. The van der Waals surface area contributed by atoms with Gasteiger partial charge in [0.2, 0.25) is 0 Å². The number of fused-ring (bicyclic) bond motifs is 1. The summed E-state index contributed by atoms with van der Waals surface area (Å²) in [7, 11) is -2.07. The molecule has 0 spiro atoms. The van der Waals surface area contributed by atoms with E-state index in [1.165, 1.54) is 12.3 Å². The predicted octanol–water partition coefficient (Wildman–Crippen LogP) is 6.46. The smallest absolute Gasteiger partial charge is 0.335 e. The molecular weight excluding hydrogens is 529 g/mol. The summed E-state index contributed by atoms with van der Waals surface area (Å²) in [4.78, 5) is 4.58. The van der Waals surface area contributed by atoms with Crippen LogP contribution in [0.5, 0.6) is 0 Å². The van der Waals surface area contributed by atoms with E-state index in [0.29, 0.717) is 22.3 Å². The summed E-state index contributed by atoms with van der Waals surface area (Å²) in [6, 6.07) is 7.96. The van der Waals surface area contributed by atoms with Crippen LogP contribution in [0.3, 0.4) is 0 Å². The molecule has 0 bridgehead atoms. The Labute approximate surface area is 207 Å². The van der Waals surface area contributed by atoms with Crippen LogP contribution < -0.4 is 4.72 Å². The normalized spacial score (nSPS) is 16.6. The van der Waals surface area contributed by atoms with Gasteiger partial charge in [0.05, 0.1) is 27.4 Å². The quantitative estimate of drug-likeness (QED) is 0.357. The van der Waals surface area contributed by atoms with Crippen molar-refractivity contribution in [2.75, 3.05) is 0 Å². The fraction of sp³-hybridized carbons (Fsp3) is 0.417. The molecule has 0 amide bonds. The van der Waals surface area contributed by atoms with Crippen molar-refractivity contribution in [3.63, 3.8) is 0 Å². The SMILES string of the molecule is Cc1cc2c(cc1CBr)c(C#N)c(-c1ccc(S(=O)NC(C)C(F)(F)F)cn1)n2C1CCCC1. The zero-order chi connectivity index (χ0) is 24.6. The number of hydrogen-bond acceptors (Lipinski definition) is 3. The van der Waals surface area contributed by atoms with Gasteiger partial charge in [0.1, 0.15) is 23.1 Å². The summed E-state index contributed by atoms with van der Waals surface area (Å²) in [5, 5.41) is 11.7. The fourth-order valence-corrected chi connectivity index (χ4v) is 6.02. The van der Waals surface area contributed by atoms with Crippen molar-refractivity contribution in [2.24, 2.45) is 0 Å². The van der Waals surface area contributed by atoms with Crippen LogP contribution >= 0.6 is 15.9 Å². The van der Waals surface area contributed by atoms with E-state index in [2.05, 4.69) is 42.3 Å². The minimum atomic E-state index is -4.50. The van der Waals surface area contributed by atoms with Gasteiger partial charge in [0, 0.05) is 23.0 Å². The number of pyridine rings is 1. The molecule has 2 atom stereocenters. The molecular formula is C24H24BrF3N4OS. The minimum absolute atomic E-state index is 0.138. The van der Waals surface area contributed by atoms with Gasteiger partial charge in [0.25, 0.3) is 0 Å². The van der Waals surface area contributed by atoms with Crippen molar-refractivity contribution in [1.29, 1.82) is 5.26 Å². The Kier molecular flexibility index (Phi) is 7.17. The lowest BCUT2D eigenvalue weighted by molar-refractivity contribution is -0.146. The van der Waals surface area contributed by atoms with Gasteiger partial charge < -0.3 is 4.57 Å². The van der Waals surface area contributed by atoms with E-state index in [1.54, 1.807) is 6.07 Å². The standard InChI is InChI=1S/C24H24BrF3N4OS/c1-14-9-22-19(10-16(14)11-25)20(12-29)23(32(22)17-5-3-4-6-17)21-8-7-18(13-30-21)34(33)31-15(2)24(26,27)28/h7-10,13,15,17,31H,3-6,11H2,1-2H3. The third kappa shape index (κ3) is 4.66. The third-order valence-corrected chi connectivity index (χ3v) is 8.22. The maximum Gasteiger partial charge on any atom is 0.404 e. The molecule has 3 aromatic rings. The molecule has 1 fully saturated rings. The molecule has 0 radical (unpaired) electrons. The summed E-state index contributed by atoms with van der Waals surface area (Å²) >= 11 is 3.52. The summed E-state index contributed by atoms with van der Waals surface area (Å²) in [5.41, 5.74) is 4.96. The van der Waals surface area contributed by atoms with Gasteiger partial charge in [-0.25, -0.2) is 8.93 Å². The number of nitrogens with one attached hydrogen (secondary N) is 1. The maximum atomic E-state index is 12.8. The van der Waals surface area contributed by atoms with E-state index in [9.17, 15) is 22.6 Å². The number of halogens is 4. The van der Waals surface area contributed by atoms with Crippen LogP contribution in [0.2, 0.25) is 0 Å². The zero-order valence-electron chi connectivity index (χ0n) is 18.7. The number of benzene rings is 1. The molecule has 1 aromatic carbocycles. The molecule has 0 saturated heterocycles. The lowest BCUT2D eigenvalue weighted by atomic mass is 10.0. The highest BCUT2D eigenvalue weighted by atomic mass is 79.9.